The molecule has 1 aliphatic heterocycles. The van der Waals surface area contributed by atoms with Gasteiger partial charge in [-0.25, -0.2) is 0 Å². The van der Waals surface area contributed by atoms with E-state index in [1.807, 2.05) is 6.92 Å². The Morgan fingerprint density at radius 2 is 2.06 bits per heavy atom. The van der Waals surface area contributed by atoms with Crippen molar-refractivity contribution < 1.29 is 14.6 Å². The van der Waals surface area contributed by atoms with E-state index in [0.717, 1.165) is 0 Å². The van der Waals surface area contributed by atoms with Crippen LogP contribution in [0.2, 0.25) is 0 Å². The van der Waals surface area contributed by atoms with Crippen molar-refractivity contribution in [2.24, 2.45) is 0 Å². The molecular formula is C11H22N2O3. The first-order chi connectivity index (χ1) is 7.40. The quantitative estimate of drug-likeness (QED) is 0.689. The Bertz CT molecular complexity index is 232. The molecule has 0 saturated carbocycles. The number of aliphatic hydroxyl groups is 1. The van der Waals surface area contributed by atoms with Crippen LogP contribution in [0.5, 0.6) is 0 Å². The molecule has 0 spiro atoms. The third-order valence-electron chi connectivity index (χ3n) is 2.53. The number of nitrogens with zero attached hydrogens (tertiary/aromatic N) is 1. The van der Waals surface area contributed by atoms with Crippen LogP contribution in [0.15, 0.2) is 0 Å². The normalized spacial score (nSPS) is 19.6. The minimum Gasteiger partial charge on any atom is -0.389 e. The van der Waals surface area contributed by atoms with Gasteiger partial charge in [-0.05, 0) is 20.8 Å². The molecule has 94 valence electrons. The van der Waals surface area contributed by atoms with Gasteiger partial charge in [-0.2, -0.15) is 0 Å². The Balaban J connectivity index is 2.34. The van der Waals surface area contributed by atoms with E-state index in [1.54, 1.807) is 18.7 Å². The highest BCUT2D eigenvalue weighted by Crippen LogP contribution is 2.03. The predicted octanol–water partition coefficient (Wildman–Crippen LogP) is -0.406. The molecule has 5 heteroatoms. The van der Waals surface area contributed by atoms with Gasteiger partial charge in [0.2, 0.25) is 5.91 Å². The fourth-order valence-electron chi connectivity index (χ4n) is 1.55. The third kappa shape index (κ3) is 4.47. The van der Waals surface area contributed by atoms with E-state index in [2.05, 4.69) is 5.32 Å². The van der Waals surface area contributed by atoms with Crippen molar-refractivity contribution in [2.45, 2.75) is 32.4 Å². The van der Waals surface area contributed by atoms with Crippen LogP contribution in [-0.2, 0) is 9.53 Å². The molecular weight excluding hydrogens is 208 g/mol. The maximum absolute atomic E-state index is 11.9. The van der Waals surface area contributed by atoms with Crippen LogP contribution in [0.25, 0.3) is 0 Å². The van der Waals surface area contributed by atoms with E-state index in [0.29, 0.717) is 32.8 Å². The van der Waals surface area contributed by atoms with Crippen molar-refractivity contribution in [3.05, 3.63) is 0 Å². The van der Waals surface area contributed by atoms with Crippen molar-refractivity contribution in [3.8, 4) is 0 Å². The largest absolute Gasteiger partial charge is 0.389 e. The number of amides is 1. The second-order valence-corrected chi connectivity index (χ2v) is 4.85. The lowest BCUT2D eigenvalue weighted by molar-refractivity contribution is -0.137. The van der Waals surface area contributed by atoms with Crippen LogP contribution in [0.1, 0.15) is 20.8 Å². The maximum atomic E-state index is 11.9. The molecule has 1 saturated heterocycles. The Kier molecular flexibility index (Phi) is 4.70. The van der Waals surface area contributed by atoms with Crippen molar-refractivity contribution in [1.82, 2.24) is 10.2 Å². The number of ether oxygens (including phenoxy) is 1. The number of nitrogens with one attached hydrogen (secondary N) is 1. The van der Waals surface area contributed by atoms with Crippen molar-refractivity contribution in [3.63, 3.8) is 0 Å². The lowest BCUT2D eigenvalue weighted by Gasteiger charge is -2.30. The van der Waals surface area contributed by atoms with E-state index >= 15 is 0 Å². The highest BCUT2D eigenvalue weighted by atomic mass is 16.5. The zero-order valence-corrected chi connectivity index (χ0v) is 10.3. The summed E-state index contributed by atoms with van der Waals surface area (Å²) in [4.78, 5) is 13.7. The summed E-state index contributed by atoms with van der Waals surface area (Å²) >= 11 is 0. The molecule has 1 aliphatic rings. The summed E-state index contributed by atoms with van der Waals surface area (Å²) in [7, 11) is 0. The van der Waals surface area contributed by atoms with Gasteiger partial charge >= 0.3 is 0 Å². The number of morpholine rings is 1. The van der Waals surface area contributed by atoms with Gasteiger partial charge in [0.05, 0.1) is 24.9 Å². The fourth-order valence-corrected chi connectivity index (χ4v) is 1.55. The van der Waals surface area contributed by atoms with Gasteiger partial charge in [-0.15, -0.1) is 0 Å². The molecule has 1 heterocycles. The monoisotopic (exact) mass is 230 g/mol. The molecule has 1 atom stereocenters. The number of rotatable bonds is 4. The number of carbonyl (C=O) groups is 1. The minimum atomic E-state index is -0.792. The van der Waals surface area contributed by atoms with Gasteiger partial charge in [0.15, 0.2) is 0 Å². The summed E-state index contributed by atoms with van der Waals surface area (Å²) in [5.41, 5.74) is -0.792. The topological polar surface area (TPSA) is 61.8 Å². The fraction of sp³-hybridized carbons (Fsp3) is 0.909. The second kappa shape index (κ2) is 5.61. The highest BCUT2D eigenvalue weighted by Gasteiger charge is 2.23. The zero-order chi connectivity index (χ0) is 12.2. The molecule has 0 aromatic rings. The zero-order valence-electron chi connectivity index (χ0n) is 10.3. The van der Waals surface area contributed by atoms with Crippen molar-refractivity contribution in [2.75, 3.05) is 32.8 Å². The SMILES string of the molecule is CC(NCC(C)(C)O)C(=O)N1CCOCC1. The molecule has 1 unspecified atom stereocenters. The van der Waals surface area contributed by atoms with E-state index in [1.165, 1.54) is 0 Å². The first kappa shape index (κ1) is 13.4. The smallest absolute Gasteiger partial charge is 0.239 e. The standard InChI is InChI=1S/C11H22N2O3/c1-9(12-8-11(2,3)15)10(14)13-4-6-16-7-5-13/h9,12,15H,4-8H2,1-3H3. The van der Waals surface area contributed by atoms with Gasteiger partial charge in [-0.1, -0.05) is 0 Å². The average molecular weight is 230 g/mol. The first-order valence-electron chi connectivity index (χ1n) is 5.72. The lowest BCUT2D eigenvalue weighted by Crippen LogP contribution is -2.51. The molecule has 2 N–H and O–H groups in total. The Morgan fingerprint density at radius 1 is 1.50 bits per heavy atom. The number of hydrogen-bond donors (Lipinski definition) is 2. The van der Waals surface area contributed by atoms with Gasteiger partial charge < -0.3 is 20.1 Å². The van der Waals surface area contributed by atoms with Crippen molar-refractivity contribution in [1.29, 1.82) is 0 Å². The molecule has 5 nitrogen and oxygen atoms in total. The molecule has 1 amide bonds. The summed E-state index contributed by atoms with van der Waals surface area (Å²) in [5.74, 6) is 0.0764. The highest BCUT2D eigenvalue weighted by molar-refractivity contribution is 5.81. The summed E-state index contributed by atoms with van der Waals surface area (Å²) in [6.45, 7) is 8.21. The van der Waals surface area contributed by atoms with Crippen LogP contribution >= 0.6 is 0 Å². The molecule has 1 fully saturated rings. The Hall–Kier alpha value is -0.650. The van der Waals surface area contributed by atoms with E-state index in [4.69, 9.17) is 4.74 Å². The molecule has 0 bridgehead atoms. The van der Waals surface area contributed by atoms with Crippen LogP contribution in [0, 0.1) is 0 Å². The van der Waals surface area contributed by atoms with Gasteiger partial charge in [-0.3, -0.25) is 4.79 Å². The molecule has 0 aromatic heterocycles. The number of carbonyl (C=O) groups excluding carboxylic acids is 1. The van der Waals surface area contributed by atoms with Gasteiger partial charge in [0.25, 0.3) is 0 Å². The molecule has 1 rings (SSSR count). The van der Waals surface area contributed by atoms with Crippen LogP contribution < -0.4 is 5.32 Å². The van der Waals surface area contributed by atoms with E-state index in [-0.39, 0.29) is 11.9 Å². The van der Waals surface area contributed by atoms with Crippen LogP contribution in [-0.4, -0.2) is 60.4 Å². The molecule has 0 aromatic carbocycles. The van der Waals surface area contributed by atoms with Crippen molar-refractivity contribution >= 4 is 5.91 Å². The van der Waals surface area contributed by atoms with Gasteiger partial charge in [0.1, 0.15) is 0 Å². The third-order valence-corrected chi connectivity index (χ3v) is 2.53. The summed E-state index contributed by atoms with van der Waals surface area (Å²) in [5, 5.41) is 12.6. The second-order valence-electron chi connectivity index (χ2n) is 4.85. The summed E-state index contributed by atoms with van der Waals surface area (Å²) in [6.07, 6.45) is 0. The number of hydrogen-bond acceptors (Lipinski definition) is 4. The molecule has 16 heavy (non-hydrogen) atoms. The summed E-state index contributed by atoms with van der Waals surface area (Å²) < 4.78 is 5.19. The van der Waals surface area contributed by atoms with Crippen LogP contribution in [0.3, 0.4) is 0 Å². The summed E-state index contributed by atoms with van der Waals surface area (Å²) in [6, 6.07) is -0.260. The predicted molar refractivity (Wildman–Crippen MR) is 61.2 cm³/mol. The molecule has 0 radical (unpaired) electrons. The molecule has 0 aliphatic carbocycles. The average Bonchev–Trinajstić information content (AvgIpc) is 2.25. The van der Waals surface area contributed by atoms with Gasteiger partial charge in [0, 0.05) is 19.6 Å². The first-order valence-corrected chi connectivity index (χ1v) is 5.72. The van der Waals surface area contributed by atoms with E-state index in [9.17, 15) is 9.90 Å². The minimum absolute atomic E-state index is 0.0764. The Morgan fingerprint density at radius 3 is 2.56 bits per heavy atom. The van der Waals surface area contributed by atoms with Crippen LogP contribution in [0.4, 0.5) is 0 Å². The Labute approximate surface area is 96.8 Å². The lowest BCUT2D eigenvalue weighted by atomic mass is 10.1. The van der Waals surface area contributed by atoms with E-state index < -0.39 is 5.60 Å². The maximum Gasteiger partial charge on any atom is 0.239 e.